The smallest absolute Gasteiger partial charge is 0.283 e. The van der Waals surface area contributed by atoms with Crippen LogP contribution < -0.4 is 4.74 Å². The molecule has 2 aromatic carbocycles. The van der Waals surface area contributed by atoms with Gasteiger partial charge in [0.2, 0.25) is 0 Å². The number of nitro groups is 1. The molecule has 0 saturated carbocycles. The van der Waals surface area contributed by atoms with Gasteiger partial charge >= 0.3 is 0 Å². The summed E-state index contributed by atoms with van der Waals surface area (Å²) in [6, 6.07) is 11.9. The molecular weight excluding hydrogens is 404 g/mol. The molecule has 0 aliphatic carbocycles. The Kier molecular flexibility index (Phi) is 4.94. The Morgan fingerprint density at radius 3 is 2.71 bits per heavy atom. The summed E-state index contributed by atoms with van der Waals surface area (Å²) in [4.78, 5) is 10.4. The van der Waals surface area contributed by atoms with Gasteiger partial charge in [-0.1, -0.05) is 28.1 Å². The lowest BCUT2D eigenvalue weighted by Crippen LogP contribution is -2.00. The number of nitriles is 1. The molecule has 0 N–H and O–H groups in total. The molecule has 2 rings (SSSR count). The van der Waals surface area contributed by atoms with Crippen LogP contribution in [0.5, 0.6) is 5.75 Å². The summed E-state index contributed by atoms with van der Waals surface area (Å²) in [6.07, 6.45) is 0. The van der Waals surface area contributed by atoms with Gasteiger partial charge in [0.1, 0.15) is 22.9 Å². The van der Waals surface area contributed by atoms with Crippen molar-refractivity contribution < 1.29 is 9.66 Å². The first-order valence-corrected chi connectivity index (χ1v) is 7.35. The number of nitro benzene ring substituents is 1. The molecular formula is C14H8Br2N2O3. The predicted octanol–water partition coefficient (Wildman–Crippen LogP) is 4.57. The standard InChI is InChI=1S/C14H8Br2N2O3/c15-11-4-5-13(10(6-11)7-17)21-8-9-2-1-3-12(14(9)16)18(19)20/h1-6H,8H2. The fourth-order valence-electron chi connectivity index (χ4n) is 1.69. The van der Waals surface area contributed by atoms with E-state index >= 15 is 0 Å². The van der Waals surface area contributed by atoms with E-state index in [-0.39, 0.29) is 12.3 Å². The Balaban J connectivity index is 2.23. The maximum Gasteiger partial charge on any atom is 0.283 e. The molecule has 5 nitrogen and oxygen atoms in total. The molecule has 0 saturated heterocycles. The first-order valence-electron chi connectivity index (χ1n) is 5.77. The van der Waals surface area contributed by atoms with Crippen molar-refractivity contribution >= 4 is 37.5 Å². The van der Waals surface area contributed by atoms with Gasteiger partial charge in [0.25, 0.3) is 5.69 Å². The fraction of sp³-hybridized carbons (Fsp3) is 0.0714. The van der Waals surface area contributed by atoms with Crippen LogP contribution >= 0.6 is 31.9 Å². The van der Waals surface area contributed by atoms with Crippen molar-refractivity contribution in [1.82, 2.24) is 0 Å². The molecule has 7 heteroatoms. The van der Waals surface area contributed by atoms with E-state index in [1.54, 1.807) is 30.3 Å². The minimum Gasteiger partial charge on any atom is -0.487 e. The van der Waals surface area contributed by atoms with Gasteiger partial charge in [0.15, 0.2) is 0 Å². The zero-order valence-electron chi connectivity index (χ0n) is 10.5. The summed E-state index contributed by atoms with van der Waals surface area (Å²) in [5, 5.41) is 19.9. The summed E-state index contributed by atoms with van der Waals surface area (Å²) >= 11 is 6.49. The van der Waals surface area contributed by atoms with Crippen LogP contribution in [0.1, 0.15) is 11.1 Å². The van der Waals surface area contributed by atoms with E-state index in [0.717, 1.165) is 4.47 Å². The Hall–Kier alpha value is -1.91. The number of hydrogen-bond acceptors (Lipinski definition) is 4. The van der Waals surface area contributed by atoms with E-state index < -0.39 is 4.92 Å². The van der Waals surface area contributed by atoms with Crippen LogP contribution in [0.25, 0.3) is 0 Å². The third-order valence-electron chi connectivity index (χ3n) is 2.70. The number of hydrogen-bond donors (Lipinski definition) is 0. The van der Waals surface area contributed by atoms with Crippen LogP contribution in [0.2, 0.25) is 0 Å². The van der Waals surface area contributed by atoms with Crippen LogP contribution in [0.3, 0.4) is 0 Å². The van der Waals surface area contributed by atoms with E-state index in [9.17, 15) is 10.1 Å². The van der Waals surface area contributed by atoms with Crippen molar-refractivity contribution in [2.45, 2.75) is 6.61 Å². The Morgan fingerprint density at radius 2 is 2.05 bits per heavy atom. The molecule has 0 fully saturated rings. The Morgan fingerprint density at radius 1 is 1.29 bits per heavy atom. The number of rotatable bonds is 4. The number of benzene rings is 2. The summed E-state index contributed by atoms with van der Waals surface area (Å²) in [5.74, 6) is 0.430. The van der Waals surface area contributed by atoms with Gasteiger partial charge in [0.05, 0.1) is 10.5 Å². The van der Waals surface area contributed by atoms with Crippen LogP contribution in [0.15, 0.2) is 45.3 Å². The molecule has 0 unspecified atom stereocenters. The normalized spacial score (nSPS) is 9.95. The van der Waals surface area contributed by atoms with E-state index in [1.165, 1.54) is 6.07 Å². The maximum atomic E-state index is 10.9. The zero-order valence-corrected chi connectivity index (χ0v) is 13.7. The topological polar surface area (TPSA) is 76.2 Å². The van der Waals surface area contributed by atoms with Gasteiger partial charge in [-0.15, -0.1) is 0 Å². The fourth-order valence-corrected chi connectivity index (χ4v) is 2.57. The molecule has 21 heavy (non-hydrogen) atoms. The molecule has 2 aromatic rings. The second kappa shape index (κ2) is 6.70. The Labute approximate surface area is 137 Å². The number of halogens is 2. The molecule has 0 aromatic heterocycles. The molecule has 0 heterocycles. The van der Waals surface area contributed by atoms with Crippen molar-refractivity contribution in [2.24, 2.45) is 0 Å². The summed E-state index contributed by atoms with van der Waals surface area (Å²) in [5.41, 5.74) is 1.01. The zero-order chi connectivity index (χ0) is 15.4. The van der Waals surface area contributed by atoms with Crippen molar-refractivity contribution in [2.75, 3.05) is 0 Å². The molecule has 0 radical (unpaired) electrons. The van der Waals surface area contributed by atoms with Crippen molar-refractivity contribution in [3.05, 3.63) is 66.6 Å². The van der Waals surface area contributed by atoms with Gasteiger partial charge in [0, 0.05) is 16.1 Å². The van der Waals surface area contributed by atoms with Gasteiger partial charge in [-0.05, 0) is 34.1 Å². The lowest BCUT2D eigenvalue weighted by Gasteiger charge is -2.09. The van der Waals surface area contributed by atoms with Crippen LogP contribution in [-0.4, -0.2) is 4.92 Å². The second-order valence-corrected chi connectivity index (χ2v) is 5.76. The van der Waals surface area contributed by atoms with E-state index in [2.05, 4.69) is 31.9 Å². The average Bonchev–Trinajstić information content (AvgIpc) is 2.46. The van der Waals surface area contributed by atoms with Crippen LogP contribution in [-0.2, 0) is 6.61 Å². The van der Waals surface area contributed by atoms with Gasteiger partial charge in [-0.3, -0.25) is 10.1 Å². The highest BCUT2D eigenvalue weighted by atomic mass is 79.9. The quantitative estimate of drug-likeness (QED) is 0.545. The SMILES string of the molecule is N#Cc1cc(Br)ccc1OCc1cccc([N+](=O)[O-])c1Br. The summed E-state index contributed by atoms with van der Waals surface area (Å²) in [6.45, 7) is 0.124. The summed E-state index contributed by atoms with van der Waals surface area (Å²) in [7, 11) is 0. The average molecular weight is 412 g/mol. The maximum absolute atomic E-state index is 10.9. The monoisotopic (exact) mass is 410 g/mol. The lowest BCUT2D eigenvalue weighted by molar-refractivity contribution is -0.385. The Bertz CT molecular complexity index is 741. The highest BCUT2D eigenvalue weighted by Crippen LogP contribution is 2.30. The van der Waals surface area contributed by atoms with Crippen molar-refractivity contribution in [3.63, 3.8) is 0 Å². The largest absolute Gasteiger partial charge is 0.487 e. The molecule has 106 valence electrons. The molecule has 0 amide bonds. The molecule has 0 spiro atoms. The minimum atomic E-state index is -0.464. The van der Waals surface area contributed by atoms with Gasteiger partial charge in [-0.25, -0.2) is 0 Å². The van der Waals surface area contributed by atoms with E-state index in [4.69, 9.17) is 10.00 Å². The second-order valence-electron chi connectivity index (χ2n) is 4.05. The van der Waals surface area contributed by atoms with Crippen molar-refractivity contribution in [1.29, 1.82) is 5.26 Å². The molecule has 0 atom stereocenters. The first kappa shape index (κ1) is 15.5. The van der Waals surface area contributed by atoms with Gasteiger partial charge in [-0.2, -0.15) is 5.26 Å². The van der Waals surface area contributed by atoms with Crippen LogP contribution in [0.4, 0.5) is 5.69 Å². The molecule has 0 bridgehead atoms. The lowest BCUT2D eigenvalue weighted by atomic mass is 10.2. The van der Waals surface area contributed by atoms with E-state index in [0.29, 0.717) is 21.3 Å². The highest BCUT2D eigenvalue weighted by molar-refractivity contribution is 9.10. The van der Waals surface area contributed by atoms with Gasteiger partial charge < -0.3 is 4.74 Å². The first-order chi connectivity index (χ1) is 10.0. The van der Waals surface area contributed by atoms with E-state index in [1.807, 2.05) is 6.07 Å². The molecule has 0 aliphatic rings. The highest BCUT2D eigenvalue weighted by Gasteiger charge is 2.15. The molecule has 0 aliphatic heterocycles. The number of ether oxygens (including phenoxy) is 1. The third-order valence-corrected chi connectivity index (χ3v) is 4.11. The summed E-state index contributed by atoms with van der Waals surface area (Å²) < 4.78 is 6.75. The minimum absolute atomic E-state index is 0.0209. The van der Waals surface area contributed by atoms with Crippen LogP contribution in [0, 0.1) is 21.4 Å². The third kappa shape index (κ3) is 3.60. The number of nitrogens with zero attached hydrogens (tertiary/aromatic N) is 2. The predicted molar refractivity (Wildman–Crippen MR) is 84.0 cm³/mol. The van der Waals surface area contributed by atoms with Crippen molar-refractivity contribution in [3.8, 4) is 11.8 Å².